The molecule has 0 radical (unpaired) electrons. The fourth-order valence-electron chi connectivity index (χ4n) is 3.75. The summed E-state index contributed by atoms with van der Waals surface area (Å²) in [6.07, 6.45) is 5.22. The number of anilines is 1. The highest BCUT2D eigenvalue weighted by Gasteiger charge is 2.46. The number of nitrogens with one attached hydrogen (secondary N) is 2. The Hall–Kier alpha value is -2.22. The van der Waals surface area contributed by atoms with Gasteiger partial charge in [-0.2, -0.15) is 0 Å². The van der Waals surface area contributed by atoms with E-state index in [2.05, 4.69) is 15.6 Å². The van der Waals surface area contributed by atoms with E-state index in [0.29, 0.717) is 32.3 Å². The van der Waals surface area contributed by atoms with Crippen LogP contribution < -0.4 is 10.6 Å². The van der Waals surface area contributed by atoms with Crippen molar-refractivity contribution in [3.63, 3.8) is 0 Å². The SMILES string of the molecule is CC(=O)NCC(=O)N1CCC2(COCc3cnc(NCC4CC4)nc32)C1. The summed E-state index contributed by atoms with van der Waals surface area (Å²) in [5, 5.41) is 5.92. The highest BCUT2D eigenvalue weighted by molar-refractivity contribution is 5.84. The Kier molecular flexibility index (Phi) is 4.52. The van der Waals surface area contributed by atoms with Crippen LogP contribution in [0.2, 0.25) is 0 Å². The van der Waals surface area contributed by atoms with E-state index in [1.807, 2.05) is 6.20 Å². The molecule has 8 nitrogen and oxygen atoms in total. The standard InChI is InChI=1S/C18H25N5O3/c1-12(24)19-8-15(25)23-5-4-18(10-23)11-26-9-14-7-21-17(22-16(14)18)20-6-13-2-3-13/h7,13H,2-6,8-11H2,1H3,(H,19,24)(H,20,21,22). The van der Waals surface area contributed by atoms with Gasteiger partial charge >= 0.3 is 0 Å². The smallest absolute Gasteiger partial charge is 0.241 e. The topological polar surface area (TPSA) is 96.5 Å². The van der Waals surface area contributed by atoms with Crippen molar-refractivity contribution in [1.82, 2.24) is 20.2 Å². The lowest BCUT2D eigenvalue weighted by Crippen LogP contribution is -2.44. The molecule has 0 aromatic carbocycles. The van der Waals surface area contributed by atoms with Gasteiger partial charge in [0, 0.05) is 38.3 Å². The Bertz CT molecular complexity index is 721. The van der Waals surface area contributed by atoms with Crippen molar-refractivity contribution in [2.45, 2.75) is 38.2 Å². The zero-order valence-electron chi connectivity index (χ0n) is 15.1. The van der Waals surface area contributed by atoms with Crippen molar-refractivity contribution >= 4 is 17.8 Å². The van der Waals surface area contributed by atoms with Crippen LogP contribution in [0.3, 0.4) is 0 Å². The summed E-state index contributed by atoms with van der Waals surface area (Å²) < 4.78 is 5.80. The molecule has 1 unspecified atom stereocenters. The summed E-state index contributed by atoms with van der Waals surface area (Å²) >= 11 is 0. The molecule has 1 aliphatic carbocycles. The van der Waals surface area contributed by atoms with Gasteiger partial charge in [0.1, 0.15) is 0 Å². The van der Waals surface area contributed by atoms with Crippen molar-refractivity contribution in [3.8, 4) is 0 Å². The maximum absolute atomic E-state index is 12.4. The summed E-state index contributed by atoms with van der Waals surface area (Å²) in [5.74, 6) is 1.16. The second kappa shape index (κ2) is 6.83. The van der Waals surface area contributed by atoms with Crippen molar-refractivity contribution in [2.24, 2.45) is 5.92 Å². The number of rotatable bonds is 5. The Morgan fingerprint density at radius 1 is 1.42 bits per heavy atom. The van der Waals surface area contributed by atoms with Gasteiger partial charge in [-0.3, -0.25) is 9.59 Å². The van der Waals surface area contributed by atoms with Crippen molar-refractivity contribution in [2.75, 3.05) is 38.1 Å². The number of likely N-dealkylation sites (tertiary alicyclic amines) is 1. The molecule has 2 aliphatic heterocycles. The van der Waals surface area contributed by atoms with Crippen LogP contribution in [0.5, 0.6) is 0 Å². The summed E-state index contributed by atoms with van der Waals surface area (Å²) in [7, 11) is 0. The number of amides is 2. The number of aromatic nitrogens is 2. The van der Waals surface area contributed by atoms with Gasteiger partial charge in [-0.1, -0.05) is 0 Å². The second-order valence-electron chi connectivity index (χ2n) is 7.64. The first-order chi connectivity index (χ1) is 12.6. The predicted octanol–water partition coefficient (Wildman–Crippen LogP) is 0.435. The number of carbonyl (C=O) groups is 2. The minimum atomic E-state index is -0.279. The lowest BCUT2D eigenvalue weighted by Gasteiger charge is -2.34. The molecule has 1 aromatic rings. The molecular weight excluding hydrogens is 334 g/mol. The van der Waals surface area contributed by atoms with Crippen LogP contribution in [-0.2, 0) is 26.3 Å². The minimum absolute atomic E-state index is 0.0388. The van der Waals surface area contributed by atoms with Crippen LogP contribution >= 0.6 is 0 Å². The van der Waals surface area contributed by atoms with Crippen LogP contribution in [0.15, 0.2) is 6.20 Å². The number of nitrogens with zero attached hydrogens (tertiary/aromatic N) is 3. The first-order valence-electron chi connectivity index (χ1n) is 9.26. The Morgan fingerprint density at radius 2 is 2.27 bits per heavy atom. The summed E-state index contributed by atoms with van der Waals surface area (Å²) in [6, 6.07) is 0. The Balaban J connectivity index is 1.49. The van der Waals surface area contributed by atoms with E-state index in [-0.39, 0.29) is 23.8 Å². The first kappa shape index (κ1) is 17.2. The number of carbonyl (C=O) groups excluding carboxylic acids is 2. The fraction of sp³-hybridized carbons (Fsp3) is 0.667. The number of fused-ring (bicyclic) bond motifs is 2. The minimum Gasteiger partial charge on any atom is -0.376 e. The molecule has 3 heterocycles. The Labute approximate surface area is 152 Å². The summed E-state index contributed by atoms with van der Waals surface area (Å²) in [6.45, 7) is 4.66. The summed E-state index contributed by atoms with van der Waals surface area (Å²) in [5.41, 5.74) is 1.73. The lowest BCUT2D eigenvalue weighted by atomic mass is 9.80. The third-order valence-corrected chi connectivity index (χ3v) is 5.44. The fourth-order valence-corrected chi connectivity index (χ4v) is 3.75. The van der Waals surface area contributed by atoms with E-state index in [1.54, 1.807) is 4.90 Å². The number of hydrogen-bond donors (Lipinski definition) is 2. The third kappa shape index (κ3) is 3.51. The maximum atomic E-state index is 12.4. The van der Waals surface area contributed by atoms with Gasteiger partial charge in [-0.25, -0.2) is 9.97 Å². The molecule has 1 aromatic heterocycles. The molecule has 2 N–H and O–H groups in total. The third-order valence-electron chi connectivity index (χ3n) is 5.44. The molecular formula is C18H25N5O3. The molecule has 1 saturated heterocycles. The highest BCUT2D eigenvalue weighted by atomic mass is 16.5. The van der Waals surface area contributed by atoms with Gasteiger partial charge in [0.25, 0.3) is 0 Å². The van der Waals surface area contributed by atoms with E-state index in [0.717, 1.165) is 30.1 Å². The average Bonchev–Trinajstić information content (AvgIpc) is 3.38. The molecule has 8 heteroatoms. The Morgan fingerprint density at radius 3 is 3.04 bits per heavy atom. The predicted molar refractivity (Wildman–Crippen MR) is 94.5 cm³/mol. The zero-order valence-corrected chi connectivity index (χ0v) is 15.1. The molecule has 1 spiro atoms. The van der Waals surface area contributed by atoms with Gasteiger partial charge in [-0.15, -0.1) is 0 Å². The zero-order chi connectivity index (χ0) is 18.1. The summed E-state index contributed by atoms with van der Waals surface area (Å²) in [4.78, 5) is 34.4. The normalized spacial score (nSPS) is 24.4. The molecule has 140 valence electrons. The van der Waals surface area contributed by atoms with Gasteiger partial charge in [0.15, 0.2) is 0 Å². The van der Waals surface area contributed by atoms with Crippen LogP contribution in [0.25, 0.3) is 0 Å². The monoisotopic (exact) mass is 359 g/mol. The van der Waals surface area contributed by atoms with Crippen molar-refractivity contribution in [1.29, 1.82) is 0 Å². The number of hydrogen-bond acceptors (Lipinski definition) is 6. The van der Waals surface area contributed by atoms with E-state index < -0.39 is 0 Å². The van der Waals surface area contributed by atoms with E-state index in [4.69, 9.17) is 9.72 Å². The van der Waals surface area contributed by atoms with E-state index >= 15 is 0 Å². The van der Waals surface area contributed by atoms with Crippen LogP contribution in [0.4, 0.5) is 5.95 Å². The molecule has 1 saturated carbocycles. The van der Waals surface area contributed by atoms with E-state index in [1.165, 1.54) is 19.8 Å². The largest absolute Gasteiger partial charge is 0.376 e. The molecule has 26 heavy (non-hydrogen) atoms. The molecule has 1 atom stereocenters. The highest BCUT2D eigenvalue weighted by Crippen LogP contribution is 2.39. The molecule has 3 aliphatic rings. The van der Waals surface area contributed by atoms with Gasteiger partial charge in [0.05, 0.1) is 30.9 Å². The van der Waals surface area contributed by atoms with Crippen molar-refractivity contribution in [3.05, 3.63) is 17.5 Å². The van der Waals surface area contributed by atoms with Gasteiger partial charge in [0.2, 0.25) is 17.8 Å². The van der Waals surface area contributed by atoms with E-state index in [9.17, 15) is 9.59 Å². The number of ether oxygens (including phenoxy) is 1. The van der Waals surface area contributed by atoms with Crippen LogP contribution in [-0.4, -0.2) is 59.5 Å². The lowest BCUT2D eigenvalue weighted by molar-refractivity contribution is -0.131. The molecule has 2 amide bonds. The molecule has 2 fully saturated rings. The van der Waals surface area contributed by atoms with Crippen LogP contribution in [0, 0.1) is 5.92 Å². The molecule has 4 rings (SSSR count). The van der Waals surface area contributed by atoms with Crippen molar-refractivity contribution < 1.29 is 14.3 Å². The van der Waals surface area contributed by atoms with Gasteiger partial charge in [-0.05, 0) is 25.2 Å². The van der Waals surface area contributed by atoms with Gasteiger partial charge < -0.3 is 20.3 Å². The van der Waals surface area contributed by atoms with Crippen LogP contribution in [0.1, 0.15) is 37.4 Å². The second-order valence-corrected chi connectivity index (χ2v) is 7.64. The quantitative estimate of drug-likeness (QED) is 0.792. The first-order valence-corrected chi connectivity index (χ1v) is 9.26. The molecule has 0 bridgehead atoms. The maximum Gasteiger partial charge on any atom is 0.241 e. The average molecular weight is 359 g/mol.